The number of nitrogens with zero attached hydrogens (tertiary/aromatic N) is 2. The lowest BCUT2D eigenvalue weighted by atomic mass is 10.0. The number of oxazole rings is 1. The zero-order valence-electron chi connectivity index (χ0n) is 15.9. The molecule has 1 N–H and O–H groups in total. The van der Waals surface area contributed by atoms with Crippen LogP contribution >= 0.6 is 0 Å². The molecule has 0 unspecified atom stereocenters. The van der Waals surface area contributed by atoms with Crippen LogP contribution in [0.15, 0.2) is 10.7 Å². The third-order valence-electron chi connectivity index (χ3n) is 4.69. The van der Waals surface area contributed by atoms with Crippen molar-refractivity contribution < 1.29 is 14.0 Å². The number of amides is 2. The van der Waals surface area contributed by atoms with E-state index in [0.29, 0.717) is 24.8 Å². The molecule has 1 heterocycles. The van der Waals surface area contributed by atoms with E-state index in [2.05, 4.69) is 10.3 Å². The molecule has 2 rings (SSSR count). The van der Waals surface area contributed by atoms with E-state index in [1.54, 1.807) is 4.90 Å². The van der Waals surface area contributed by atoms with Gasteiger partial charge in [-0.2, -0.15) is 0 Å². The highest BCUT2D eigenvalue weighted by molar-refractivity contribution is 5.92. The van der Waals surface area contributed by atoms with Gasteiger partial charge >= 0.3 is 0 Å². The lowest BCUT2D eigenvalue weighted by molar-refractivity contribution is -0.134. The molecule has 1 fully saturated rings. The van der Waals surface area contributed by atoms with Gasteiger partial charge in [-0.25, -0.2) is 4.98 Å². The zero-order chi connectivity index (χ0) is 18.4. The summed E-state index contributed by atoms with van der Waals surface area (Å²) in [6.45, 7) is 8.06. The monoisotopic (exact) mass is 349 g/mol. The average molecular weight is 349 g/mol. The van der Waals surface area contributed by atoms with Crippen molar-refractivity contribution in [1.29, 1.82) is 0 Å². The normalized spacial score (nSPS) is 15.1. The van der Waals surface area contributed by atoms with Crippen LogP contribution in [-0.2, 0) is 11.3 Å². The smallest absolute Gasteiger partial charge is 0.273 e. The van der Waals surface area contributed by atoms with Gasteiger partial charge in [0.1, 0.15) is 6.26 Å². The molecule has 0 bridgehead atoms. The summed E-state index contributed by atoms with van der Waals surface area (Å²) in [4.78, 5) is 30.6. The van der Waals surface area contributed by atoms with Crippen LogP contribution in [0.4, 0.5) is 0 Å². The molecule has 0 radical (unpaired) electrons. The first-order valence-electron chi connectivity index (χ1n) is 9.41. The number of carbonyl (C=O) groups excluding carboxylic acids is 2. The van der Waals surface area contributed by atoms with Gasteiger partial charge in [-0.3, -0.25) is 9.59 Å². The van der Waals surface area contributed by atoms with Gasteiger partial charge in [0.15, 0.2) is 5.69 Å². The lowest BCUT2D eigenvalue weighted by Crippen LogP contribution is -2.36. The number of carbonyl (C=O) groups is 2. The van der Waals surface area contributed by atoms with Gasteiger partial charge < -0.3 is 14.6 Å². The molecule has 1 saturated carbocycles. The van der Waals surface area contributed by atoms with Crippen molar-refractivity contribution >= 4 is 11.8 Å². The van der Waals surface area contributed by atoms with Crippen LogP contribution < -0.4 is 5.32 Å². The van der Waals surface area contributed by atoms with Gasteiger partial charge in [0.05, 0.1) is 6.54 Å². The maximum absolute atomic E-state index is 12.6. The van der Waals surface area contributed by atoms with Crippen molar-refractivity contribution in [2.45, 2.75) is 84.8 Å². The number of nitrogens with one attached hydrogen (secondary N) is 1. The fourth-order valence-corrected chi connectivity index (χ4v) is 3.30. The van der Waals surface area contributed by atoms with E-state index >= 15 is 0 Å². The van der Waals surface area contributed by atoms with Crippen LogP contribution in [-0.4, -0.2) is 33.8 Å². The third kappa shape index (κ3) is 5.87. The molecule has 0 spiro atoms. The first-order chi connectivity index (χ1) is 11.9. The molecule has 25 heavy (non-hydrogen) atoms. The second-order valence-corrected chi connectivity index (χ2v) is 7.56. The maximum atomic E-state index is 12.6. The minimum absolute atomic E-state index is 0.0389. The molecular weight excluding hydrogens is 318 g/mol. The van der Waals surface area contributed by atoms with E-state index in [0.717, 1.165) is 6.42 Å². The van der Waals surface area contributed by atoms with Gasteiger partial charge in [0, 0.05) is 18.5 Å². The van der Waals surface area contributed by atoms with Crippen molar-refractivity contribution in [2.24, 2.45) is 5.92 Å². The number of rotatable bonds is 8. The topological polar surface area (TPSA) is 75.4 Å². The minimum Gasteiger partial charge on any atom is -0.446 e. The summed E-state index contributed by atoms with van der Waals surface area (Å²) in [6, 6.07) is 0.105. The van der Waals surface area contributed by atoms with E-state index in [9.17, 15) is 9.59 Å². The number of hydrogen-bond acceptors (Lipinski definition) is 4. The average Bonchev–Trinajstić information content (AvgIpc) is 3.20. The highest BCUT2D eigenvalue weighted by Crippen LogP contribution is 2.29. The van der Waals surface area contributed by atoms with Crippen LogP contribution in [0.3, 0.4) is 0 Å². The Kier molecular flexibility index (Phi) is 7.02. The van der Waals surface area contributed by atoms with Crippen LogP contribution in [0.25, 0.3) is 0 Å². The molecule has 2 amide bonds. The molecule has 0 saturated heterocycles. The maximum Gasteiger partial charge on any atom is 0.273 e. The molecule has 0 aromatic carbocycles. The summed E-state index contributed by atoms with van der Waals surface area (Å²) >= 11 is 0. The third-order valence-corrected chi connectivity index (χ3v) is 4.69. The Morgan fingerprint density at radius 2 is 1.96 bits per heavy atom. The molecule has 1 aromatic heterocycles. The van der Waals surface area contributed by atoms with E-state index in [-0.39, 0.29) is 29.6 Å². The standard InChI is InChI=1S/C19H31N3O3/c1-13(2)20-19(24)16-12-25-17(21-16)11-22(14(3)4)18(23)10-9-15-7-5-6-8-15/h12-15H,5-11H2,1-4H3,(H,20,24). The first kappa shape index (κ1) is 19.5. The molecule has 0 atom stereocenters. The molecule has 6 nitrogen and oxygen atoms in total. The quantitative estimate of drug-likeness (QED) is 0.779. The van der Waals surface area contributed by atoms with Crippen LogP contribution in [0.1, 0.15) is 82.6 Å². The van der Waals surface area contributed by atoms with Gasteiger partial charge in [-0.15, -0.1) is 0 Å². The molecule has 1 aromatic rings. The fraction of sp³-hybridized carbons (Fsp3) is 0.737. The van der Waals surface area contributed by atoms with E-state index in [1.807, 2.05) is 27.7 Å². The van der Waals surface area contributed by atoms with Gasteiger partial charge in [-0.05, 0) is 40.0 Å². The van der Waals surface area contributed by atoms with E-state index in [4.69, 9.17) is 4.42 Å². The largest absolute Gasteiger partial charge is 0.446 e. The molecular formula is C19H31N3O3. The predicted molar refractivity (Wildman–Crippen MR) is 96.0 cm³/mol. The molecule has 6 heteroatoms. The van der Waals surface area contributed by atoms with Gasteiger partial charge in [0.2, 0.25) is 11.8 Å². The second kappa shape index (κ2) is 9.02. The van der Waals surface area contributed by atoms with Gasteiger partial charge in [-0.1, -0.05) is 25.7 Å². The highest BCUT2D eigenvalue weighted by atomic mass is 16.3. The molecule has 1 aliphatic carbocycles. The number of aromatic nitrogens is 1. The highest BCUT2D eigenvalue weighted by Gasteiger charge is 2.23. The first-order valence-corrected chi connectivity index (χ1v) is 9.41. The Morgan fingerprint density at radius 3 is 2.56 bits per heavy atom. The molecule has 1 aliphatic rings. The van der Waals surface area contributed by atoms with E-state index in [1.165, 1.54) is 31.9 Å². The van der Waals surface area contributed by atoms with Crippen molar-refractivity contribution in [2.75, 3.05) is 0 Å². The Bertz CT molecular complexity index is 574. The van der Waals surface area contributed by atoms with Crippen molar-refractivity contribution in [3.8, 4) is 0 Å². The summed E-state index contributed by atoms with van der Waals surface area (Å²) in [7, 11) is 0. The molecule has 140 valence electrons. The van der Waals surface area contributed by atoms with Crippen LogP contribution in [0.2, 0.25) is 0 Å². The summed E-state index contributed by atoms with van der Waals surface area (Å²) in [5, 5.41) is 2.78. The van der Waals surface area contributed by atoms with Crippen molar-refractivity contribution in [1.82, 2.24) is 15.2 Å². The van der Waals surface area contributed by atoms with E-state index < -0.39 is 0 Å². The summed E-state index contributed by atoms with van der Waals surface area (Å²) in [6.07, 6.45) is 8.00. The van der Waals surface area contributed by atoms with Crippen LogP contribution in [0, 0.1) is 5.92 Å². The Balaban J connectivity index is 1.92. The summed E-state index contributed by atoms with van der Waals surface area (Å²) in [5.74, 6) is 0.977. The zero-order valence-corrected chi connectivity index (χ0v) is 15.9. The minimum atomic E-state index is -0.256. The number of hydrogen-bond donors (Lipinski definition) is 1. The second-order valence-electron chi connectivity index (χ2n) is 7.56. The lowest BCUT2D eigenvalue weighted by Gasteiger charge is -2.26. The van der Waals surface area contributed by atoms with Crippen LogP contribution in [0.5, 0.6) is 0 Å². The Hall–Kier alpha value is -1.85. The predicted octanol–water partition coefficient (Wildman–Crippen LogP) is 3.52. The Morgan fingerprint density at radius 1 is 1.28 bits per heavy atom. The Labute approximate surface area is 150 Å². The van der Waals surface area contributed by atoms with Crippen molar-refractivity contribution in [3.63, 3.8) is 0 Å². The van der Waals surface area contributed by atoms with Gasteiger partial charge in [0.25, 0.3) is 5.91 Å². The summed E-state index contributed by atoms with van der Waals surface area (Å²) < 4.78 is 5.41. The molecule has 0 aliphatic heterocycles. The SMILES string of the molecule is CC(C)NC(=O)c1coc(CN(C(=O)CCC2CCCC2)C(C)C)n1. The fourth-order valence-electron chi connectivity index (χ4n) is 3.30. The van der Waals surface area contributed by atoms with Crippen molar-refractivity contribution in [3.05, 3.63) is 17.8 Å². The summed E-state index contributed by atoms with van der Waals surface area (Å²) in [5.41, 5.74) is 0.255.